The van der Waals surface area contributed by atoms with Gasteiger partial charge in [-0.05, 0) is 35.4 Å². The fourth-order valence-electron chi connectivity index (χ4n) is 4.35. The van der Waals surface area contributed by atoms with E-state index in [0.29, 0.717) is 30.8 Å². The maximum absolute atomic E-state index is 6.19. The molecule has 0 radical (unpaired) electrons. The Morgan fingerprint density at radius 3 is 2.07 bits per heavy atom. The molecule has 3 heterocycles. The van der Waals surface area contributed by atoms with Crippen molar-refractivity contribution in [2.45, 2.75) is 12.2 Å². The van der Waals surface area contributed by atoms with Crippen LogP contribution in [-0.2, 0) is 9.47 Å². The lowest BCUT2D eigenvalue weighted by Gasteiger charge is -2.18. The van der Waals surface area contributed by atoms with E-state index in [1.54, 1.807) is 14.2 Å². The van der Waals surface area contributed by atoms with Gasteiger partial charge in [0.1, 0.15) is 0 Å². The van der Waals surface area contributed by atoms with Gasteiger partial charge in [-0.2, -0.15) is 0 Å². The van der Waals surface area contributed by atoms with Crippen LogP contribution in [0.3, 0.4) is 0 Å². The number of hydrogen-bond acceptors (Lipinski definition) is 6. The molecule has 27 heavy (non-hydrogen) atoms. The van der Waals surface area contributed by atoms with Crippen LogP contribution in [-0.4, -0.2) is 34.2 Å². The van der Waals surface area contributed by atoms with Crippen molar-refractivity contribution in [3.05, 3.63) is 47.5 Å². The van der Waals surface area contributed by atoms with Gasteiger partial charge in [0.25, 0.3) is 0 Å². The molecule has 6 heteroatoms. The Kier molecular flexibility index (Phi) is 4.10. The van der Waals surface area contributed by atoms with Crippen molar-refractivity contribution in [1.29, 1.82) is 0 Å². The number of rotatable bonds is 4. The molecule has 2 saturated heterocycles. The first-order valence-electron chi connectivity index (χ1n) is 9.13. The molecule has 5 rings (SSSR count). The Hall–Kier alpha value is -2.44. The Morgan fingerprint density at radius 2 is 1.37 bits per heavy atom. The number of hydrogen-bond donors (Lipinski definition) is 0. The lowest BCUT2D eigenvalue weighted by molar-refractivity contribution is 0.0191. The number of fused-ring (bicyclic) bond motifs is 2. The normalized spacial score (nSPS) is 28.2. The molecule has 0 aromatic heterocycles. The van der Waals surface area contributed by atoms with Crippen molar-refractivity contribution in [2.24, 2.45) is 11.8 Å². The first kappa shape index (κ1) is 16.7. The molecule has 3 aliphatic rings. The van der Waals surface area contributed by atoms with Crippen molar-refractivity contribution >= 4 is 0 Å². The molecule has 0 aliphatic carbocycles. The van der Waals surface area contributed by atoms with E-state index in [-0.39, 0.29) is 19.0 Å². The molecule has 0 amide bonds. The van der Waals surface area contributed by atoms with Crippen molar-refractivity contribution in [3.63, 3.8) is 0 Å². The second-order valence-corrected chi connectivity index (χ2v) is 7.06. The second kappa shape index (κ2) is 6.62. The van der Waals surface area contributed by atoms with E-state index >= 15 is 0 Å². The maximum atomic E-state index is 6.19. The van der Waals surface area contributed by atoms with E-state index < -0.39 is 0 Å². The highest BCUT2D eigenvalue weighted by Gasteiger charge is 2.48. The molecule has 0 spiro atoms. The average molecular weight is 370 g/mol. The molecule has 2 aromatic carbocycles. The average Bonchev–Trinajstić information content (AvgIpc) is 3.42. The number of methoxy groups -OCH3 is 2. The van der Waals surface area contributed by atoms with E-state index in [4.69, 9.17) is 28.4 Å². The molecule has 2 aromatic rings. The Labute approximate surface area is 157 Å². The van der Waals surface area contributed by atoms with Gasteiger partial charge in [-0.15, -0.1) is 0 Å². The number of ether oxygens (including phenoxy) is 6. The summed E-state index contributed by atoms with van der Waals surface area (Å²) >= 11 is 0. The Morgan fingerprint density at radius 1 is 0.741 bits per heavy atom. The highest BCUT2D eigenvalue weighted by molar-refractivity contribution is 5.46. The van der Waals surface area contributed by atoms with Crippen molar-refractivity contribution in [3.8, 4) is 23.0 Å². The summed E-state index contributed by atoms with van der Waals surface area (Å²) in [5, 5.41) is 0. The third kappa shape index (κ3) is 2.71. The van der Waals surface area contributed by atoms with Crippen molar-refractivity contribution in [2.75, 3.05) is 34.2 Å². The van der Waals surface area contributed by atoms with Gasteiger partial charge in [0, 0.05) is 11.8 Å². The van der Waals surface area contributed by atoms with E-state index in [2.05, 4.69) is 6.07 Å². The Bertz CT molecular complexity index is 851. The fraction of sp³-hybridized carbons (Fsp3) is 0.429. The molecule has 0 unspecified atom stereocenters. The lowest BCUT2D eigenvalue weighted by Crippen LogP contribution is -2.14. The second-order valence-electron chi connectivity index (χ2n) is 7.06. The van der Waals surface area contributed by atoms with Crippen LogP contribution in [0.4, 0.5) is 0 Å². The van der Waals surface area contributed by atoms with E-state index in [1.807, 2.05) is 30.3 Å². The summed E-state index contributed by atoms with van der Waals surface area (Å²) in [6.45, 7) is 1.62. The monoisotopic (exact) mass is 370 g/mol. The molecule has 2 fully saturated rings. The minimum atomic E-state index is -0.00573. The highest BCUT2D eigenvalue weighted by atomic mass is 16.7. The van der Waals surface area contributed by atoms with Crippen LogP contribution in [0.1, 0.15) is 23.3 Å². The van der Waals surface area contributed by atoms with Gasteiger partial charge in [0.15, 0.2) is 23.0 Å². The molecule has 0 bridgehead atoms. The van der Waals surface area contributed by atoms with Crippen LogP contribution < -0.4 is 18.9 Å². The first-order chi connectivity index (χ1) is 13.3. The van der Waals surface area contributed by atoms with Gasteiger partial charge >= 0.3 is 0 Å². The third-order valence-electron chi connectivity index (χ3n) is 5.73. The van der Waals surface area contributed by atoms with Crippen molar-refractivity contribution in [1.82, 2.24) is 0 Å². The molecule has 0 N–H and O–H groups in total. The zero-order chi connectivity index (χ0) is 18.4. The van der Waals surface area contributed by atoms with Crippen LogP contribution in [0.5, 0.6) is 23.0 Å². The third-order valence-corrected chi connectivity index (χ3v) is 5.73. The van der Waals surface area contributed by atoms with E-state index in [0.717, 1.165) is 28.4 Å². The van der Waals surface area contributed by atoms with Crippen LogP contribution in [0.25, 0.3) is 0 Å². The highest BCUT2D eigenvalue weighted by Crippen LogP contribution is 2.51. The molecule has 3 aliphatic heterocycles. The zero-order valence-electron chi connectivity index (χ0n) is 15.3. The van der Waals surface area contributed by atoms with Crippen LogP contribution in [0.2, 0.25) is 0 Å². The summed E-state index contributed by atoms with van der Waals surface area (Å²) < 4.78 is 34.1. The minimum Gasteiger partial charge on any atom is -0.493 e. The summed E-state index contributed by atoms with van der Waals surface area (Å²) in [4.78, 5) is 0. The van der Waals surface area contributed by atoms with Crippen molar-refractivity contribution < 1.29 is 28.4 Å². The van der Waals surface area contributed by atoms with Crippen LogP contribution in [0, 0.1) is 11.8 Å². The quantitative estimate of drug-likeness (QED) is 0.821. The topological polar surface area (TPSA) is 55.4 Å². The maximum Gasteiger partial charge on any atom is 0.231 e. The standard InChI is InChI=1S/C21H22O6/c1-22-16-5-3-12(7-18(16)23-2)20-14-9-25-21(15(14)10-24-20)13-4-6-17-19(8-13)27-11-26-17/h3-8,14-15,20-21H,9-11H2,1-2H3/t14-,15-,20+,21+/m1/s1. The lowest BCUT2D eigenvalue weighted by atomic mass is 9.85. The van der Waals surface area contributed by atoms with Gasteiger partial charge in [-0.25, -0.2) is 0 Å². The summed E-state index contributed by atoms with van der Waals surface area (Å²) in [6, 6.07) is 12.0. The SMILES string of the molecule is COc1ccc([C@@H]2OC[C@@H]3[C@H]2CO[C@H]3c2ccc3c(c2)OCO3)cc1OC. The summed E-state index contributed by atoms with van der Waals surface area (Å²) in [5.74, 6) is 3.63. The molecular formula is C21H22O6. The van der Waals surface area contributed by atoms with Crippen LogP contribution in [0.15, 0.2) is 36.4 Å². The molecule has 4 atom stereocenters. The Balaban J connectivity index is 1.39. The molecule has 142 valence electrons. The summed E-state index contributed by atoms with van der Waals surface area (Å²) in [6.07, 6.45) is 0.00320. The van der Waals surface area contributed by atoms with Gasteiger partial charge in [0.05, 0.1) is 39.6 Å². The summed E-state index contributed by atoms with van der Waals surface area (Å²) in [5.41, 5.74) is 2.21. The number of benzene rings is 2. The molecule has 0 saturated carbocycles. The smallest absolute Gasteiger partial charge is 0.231 e. The molecular weight excluding hydrogens is 348 g/mol. The predicted molar refractivity (Wildman–Crippen MR) is 96.5 cm³/mol. The van der Waals surface area contributed by atoms with Gasteiger partial charge < -0.3 is 28.4 Å². The summed E-state index contributed by atoms with van der Waals surface area (Å²) in [7, 11) is 3.29. The minimum absolute atomic E-state index is 0.00573. The van der Waals surface area contributed by atoms with Gasteiger partial charge in [-0.1, -0.05) is 12.1 Å². The zero-order valence-corrected chi connectivity index (χ0v) is 15.3. The largest absolute Gasteiger partial charge is 0.493 e. The van der Waals surface area contributed by atoms with Gasteiger partial charge in [0.2, 0.25) is 6.79 Å². The van der Waals surface area contributed by atoms with Crippen LogP contribution >= 0.6 is 0 Å². The molecule has 6 nitrogen and oxygen atoms in total. The predicted octanol–water partition coefficient (Wildman–Crippen LogP) is 3.51. The van der Waals surface area contributed by atoms with E-state index in [1.165, 1.54) is 0 Å². The first-order valence-corrected chi connectivity index (χ1v) is 9.13. The van der Waals surface area contributed by atoms with E-state index in [9.17, 15) is 0 Å². The van der Waals surface area contributed by atoms with Gasteiger partial charge in [-0.3, -0.25) is 0 Å². The fourth-order valence-corrected chi connectivity index (χ4v) is 4.35.